The Morgan fingerprint density at radius 3 is 2.46 bits per heavy atom. The Balaban J connectivity index is 2.29. The van der Waals surface area contributed by atoms with Gasteiger partial charge in [0.15, 0.2) is 5.76 Å². The van der Waals surface area contributed by atoms with Crippen LogP contribution in [0.3, 0.4) is 0 Å². The van der Waals surface area contributed by atoms with Crippen LogP contribution in [0.25, 0.3) is 0 Å². The number of primary amides is 1. The first-order chi connectivity index (χ1) is 12.3. The number of para-hydroxylation sites is 1. The number of allylic oxidation sites excluding steroid dienone is 1. The van der Waals surface area contributed by atoms with E-state index < -0.39 is 17.7 Å². The highest BCUT2D eigenvalue weighted by atomic mass is 127. The molecule has 0 fully saturated rings. The van der Waals surface area contributed by atoms with Crippen molar-refractivity contribution in [3.63, 3.8) is 0 Å². The molecule has 134 valence electrons. The maximum absolute atomic E-state index is 12.9. The number of rotatable bonds is 2. The molecule has 0 aromatic heterocycles. The Labute approximate surface area is 190 Å². The molecule has 3 rings (SSSR count). The number of aliphatic hydroxyl groups excluding tert-OH is 1. The Hall–Kier alpha value is -1.09. The van der Waals surface area contributed by atoms with Gasteiger partial charge in [-0.1, -0.05) is 18.2 Å². The van der Waals surface area contributed by atoms with E-state index in [0.29, 0.717) is 17.8 Å². The molecule has 2 aromatic carbocycles. The zero-order valence-corrected chi connectivity index (χ0v) is 19.6. The average molecular weight is 687 g/mol. The van der Waals surface area contributed by atoms with E-state index in [0.717, 1.165) is 26.3 Å². The van der Waals surface area contributed by atoms with Gasteiger partial charge >= 0.3 is 11.9 Å². The number of hydrogen-bond donors (Lipinski definition) is 2. The van der Waals surface area contributed by atoms with Crippen LogP contribution in [0, 0.1) is 10.7 Å². The fourth-order valence-corrected chi connectivity index (χ4v) is 4.95. The molecule has 0 atom stereocenters. The standard InChI is InChI=1S/C17H12I3N3O3/c18-10-6-7-11(19)15(14(10)20)23(17(21)26)22-12-4-2-1-3-9(12)5-8-13(24)16(22)25/h1-4,6-8,24H,5H2,(H2,21,26). The molecule has 0 aliphatic carbocycles. The van der Waals surface area contributed by atoms with E-state index in [1.54, 1.807) is 12.1 Å². The summed E-state index contributed by atoms with van der Waals surface area (Å²) in [5.41, 5.74) is 7.49. The first-order valence-corrected chi connectivity index (χ1v) is 10.6. The number of urea groups is 1. The summed E-state index contributed by atoms with van der Waals surface area (Å²) in [7, 11) is 0. The zero-order valence-electron chi connectivity index (χ0n) is 13.1. The number of benzene rings is 2. The molecule has 1 aliphatic heterocycles. The summed E-state index contributed by atoms with van der Waals surface area (Å²) in [4.78, 5) is 25.3. The summed E-state index contributed by atoms with van der Waals surface area (Å²) in [6, 6.07) is 10.1. The molecule has 3 amide bonds. The molecule has 1 heterocycles. The van der Waals surface area contributed by atoms with E-state index in [4.69, 9.17) is 5.73 Å². The maximum Gasteiger partial charge on any atom is 0.338 e. The van der Waals surface area contributed by atoms with Crippen LogP contribution >= 0.6 is 67.8 Å². The predicted octanol–water partition coefficient (Wildman–Crippen LogP) is 4.33. The summed E-state index contributed by atoms with van der Waals surface area (Å²) in [6.07, 6.45) is 1.81. The van der Waals surface area contributed by atoms with E-state index in [1.165, 1.54) is 6.08 Å². The van der Waals surface area contributed by atoms with E-state index in [1.807, 2.05) is 24.3 Å². The number of nitrogens with two attached hydrogens (primary N) is 1. The summed E-state index contributed by atoms with van der Waals surface area (Å²) in [5.74, 6) is -1.14. The molecule has 6 nitrogen and oxygen atoms in total. The van der Waals surface area contributed by atoms with Crippen molar-refractivity contribution in [3.8, 4) is 0 Å². The Morgan fingerprint density at radius 1 is 1.12 bits per heavy atom. The van der Waals surface area contributed by atoms with Crippen molar-refractivity contribution >= 4 is 91.1 Å². The van der Waals surface area contributed by atoms with Crippen molar-refractivity contribution in [1.29, 1.82) is 0 Å². The third-order valence-corrected chi connectivity index (χ3v) is 7.68. The second-order valence-corrected chi connectivity index (χ2v) is 8.78. The molecule has 0 unspecified atom stereocenters. The monoisotopic (exact) mass is 687 g/mol. The number of amides is 3. The van der Waals surface area contributed by atoms with Gasteiger partial charge in [-0.25, -0.2) is 9.80 Å². The normalized spacial score (nSPS) is 13.7. The molecule has 0 saturated heterocycles. The average Bonchev–Trinajstić information content (AvgIpc) is 2.73. The van der Waals surface area contributed by atoms with Crippen molar-refractivity contribution in [2.75, 3.05) is 10.0 Å². The number of aliphatic hydroxyl groups is 1. The molecular formula is C17H12I3N3O3. The SMILES string of the molecule is NC(=O)N(c1c(I)ccc(I)c1I)N1C(=O)C(O)=CCc2ccccc21. The van der Waals surface area contributed by atoms with Crippen LogP contribution in [-0.4, -0.2) is 17.0 Å². The van der Waals surface area contributed by atoms with Crippen LogP contribution < -0.4 is 15.8 Å². The van der Waals surface area contributed by atoms with Gasteiger partial charge in [0, 0.05) is 7.14 Å². The molecule has 0 spiro atoms. The van der Waals surface area contributed by atoms with E-state index in [2.05, 4.69) is 67.8 Å². The van der Waals surface area contributed by atoms with Crippen LogP contribution in [-0.2, 0) is 11.2 Å². The van der Waals surface area contributed by atoms with Crippen molar-refractivity contribution < 1.29 is 14.7 Å². The third-order valence-electron chi connectivity index (χ3n) is 3.79. The van der Waals surface area contributed by atoms with E-state index in [9.17, 15) is 14.7 Å². The van der Waals surface area contributed by atoms with Crippen LogP contribution in [0.5, 0.6) is 0 Å². The molecule has 26 heavy (non-hydrogen) atoms. The van der Waals surface area contributed by atoms with Gasteiger partial charge in [-0.2, -0.15) is 5.01 Å². The quantitative estimate of drug-likeness (QED) is 0.365. The number of hydrazine groups is 1. The number of anilines is 2. The van der Waals surface area contributed by atoms with Crippen LogP contribution in [0.4, 0.5) is 16.2 Å². The molecule has 1 aliphatic rings. The van der Waals surface area contributed by atoms with E-state index >= 15 is 0 Å². The van der Waals surface area contributed by atoms with Gasteiger partial charge in [-0.15, -0.1) is 0 Å². The molecule has 2 aromatic rings. The number of fused-ring (bicyclic) bond motifs is 1. The van der Waals surface area contributed by atoms with Crippen LogP contribution in [0.15, 0.2) is 48.2 Å². The lowest BCUT2D eigenvalue weighted by molar-refractivity contribution is -0.117. The fraction of sp³-hybridized carbons (Fsp3) is 0.0588. The second kappa shape index (κ2) is 7.88. The highest BCUT2D eigenvalue weighted by Crippen LogP contribution is 2.36. The largest absolute Gasteiger partial charge is 0.503 e. The lowest BCUT2D eigenvalue weighted by Crippen LogP contribution is -2.54. The van der Waals surface area contributed by atoms with Gasteiger partial charge in [0.1, 0.15) is 0 Å². The summed E-state index contributed by atoms with van der Waals surface area (Å²) < 4.78 is 2.45. The molecule has 0 bridgehead atoms. The first-order valence-electron chi connectivity index (χ1n) is 7.37. The number of halogens is 3. The molecular weight excluding hydrogens is 675 g/mol. The van der Waals surface area contributed by atoms with Crippen molar-refractivity contribution in [2.24, 2.45) is 5.73 Å². The van der Waals surface area contributed by atoms with Gasteiger partial charge in [0.05, 0.1) is 14.9 Å². The summed E-state index contributed by atoms with van der Waals surface area (Å²) in [5, 5.41) is 12.4. The predicted molar refractivity (Wildman–Crippen MR) is 125 cm³/mol. The molecule has 3 N–H and O–H groups in total. The van der Waals surface area contributed by atoms with Gasteiger partial charge < -0.3 is 10.8 Å². The minimum absolute atomic E-state index is 0.372. The Bertz CT molecular complexity index is 946. The first kappa shape index (κ1) is 19.7. The lowest BCUT2D eigenvalue weighted by Gasteiger charge is -2.34. The fourth-order valence-electron chi connectivity index (χ4n) is 2.62. The minimum atomic E-state index is -0.819. The third kappa shape index (κ3) is 3.52. The van der Waals surface area contributed by atoms with Crippen molar-refractivity contribution in [2.45, 2.75) is 6.42 Å². The highest BCUT2D eigenvalue weighted by molar-refractivity contribution is 14.1. The molecule has 0 saturated carbocycles. The Kier molecular flexibility index (Phi) is 5.96. The number of hydrogen-bond acceptors (Lipinski definition) is 3. The zero-order chi connectivity index (χ0) is 19.0. The topological polar surface area (TPSA) is 86.9 Å². The second-order valence-electron chi connectivity index (χ2n) is 5.38. The van der Waals surface area contributed by atoms with Crippen LogP contribution in [0.2, 0.25) is 0 Å². The van der Waals surface area contributed by atoms with Crippen LogP contribution in [0.1, 0.15) is 5.56 Å². The van der Waals surface area contributed by atoms with Gasteiger partial charge in [0.2, 0.25) is 0 Å². The smallest absolute Gasteiger partial charge is 0.338 e. The molecule has 0 radical (unpaired) electrons. The highest BCUT2D eigenvalue weighted by Gasteiger charge is 2.35. The number of carbonyl (C=O) groups is 2. The summed E-state index contributed by atoms with van der Waals surface area (Å²) in [6.45, 7) is 0. The number of carbonyl (C=O) groups excluding carboxylic acids is 2. The summed E-state index contributed by atoms with van der Waals surface area (Å²) >= 11 is 6.37. The lowest BCUT2D eigenvalue weighted by atomic mass is 10.1. The molecule has 9 heteroatoms. The number of nitrogens with zero attached hydrogens (tertiary/aromatic N) is 2. The van der Waals surface area contributed by atoms with Crippen molar-refractivity contribution in [3.05, 3.63) is 64.5 Å². The minimum Gasteiger partial charge on any atom is -0.503 e. The van der Waals surface area contributed by atoms with Gasteiger partial charge in [0.25, 0.3) is 0 Å². The van der Waals surface area contributed by atoms with E-state index in [-0.39, 0.29) is 0 Å². The van der Waals surface area contributed by atoms with Gasteiger partial charge in [-0.05, 0) is 104 Å². The van der Waals surface area contributed by atoms with Crippen molar-refractivity contribution in [1.82, 2.24) is 0 Å². The maximum atomic E-state index is 12.9. The Morgan fingerprint density at radius 2 is 1.77 bits per heavy atom. The van der Waals surface area contributed by atoms with Gasteiger partial charge in [-0.3, -0.25) is 4.79 Å².